The molecule has 7 atom stereocenters. The Morgan fingerprint density at radius 3 is 2.56 bits per heavy atom. The highest BCUT2D eigenvalue weighted by Crippen LogP contribution is 2.60. The number of esters is 2. The number of ether oxygens (including phenoxy) is 3. The predicted octanol–water partition coefficient (Wildman–Crippen LogP) is 6.17. The number of nitrogens with one attached hydrogen (secondary N) is 1. The molecule has 5 heterocycles. The lowest BCUT2D eigenvalue weighted by Crippen LogP contribution is -2.72. The summed E-state index contributed by atoms with van der Waals surface area (Å²) in [6.45, 7) is 11.3. The van der Waals surface area contributed by atoms with Gasteiger partial charge in [-0.1, -0.05) is 50.6 Å². The highest BCUT2D eigenvalue weighted by Gasteiger charge is 2.68. The molecule has 6 unspecified atom stereocenters. The quantitative estimate of drug-likeness (QED) is 0.235. The zero-order chi connectivity index (χ0) is 39.6. The van der Waals surface area contributed by atoms with Crippen molar-refractivity contribution in [1.82, 2.24) is 14.8 Å². The van der Waals surface area contributed by atoms with E-state index in [4.69, 9.17) is 19.9 Å². The van der Waals surface area contributed by atoms with Crippen LogP contribution >= 0.6 is 0 Å². The number of carbonyl (C=O) groups excluding carboxylic acids is 2. The Labute approximate surface area is 326 Å². The largest absolute Gasteiger partial charge is 0.497 e. The summed E-state index contributed by atoms with van der Waals surface area (Å²) in [7, 11) is 7.35. The third-order valence-corrected chi connectivity index (χ3v) is 12.4. The Morgan fingerprint density at radius 2 is 1.87 bits per heavy atom. The molecular formula is C44H58N6O5. The molecule has 0 amide bonds. The van der Waals surface area contributed by atoms with E-state index < -0.39 is 0 Å². The minimum absolute atomic E-state index is 0.0398. The molecule has 1 aromatic heterocycles. The summed E-state index contributed by atoms with van der Waals surface area (Å²) < 4.78 is 16.4. The number of likely N-dealkylation sites (N-methyl/N-ethyl adjacent to an activating group) is 2. The average Bonchev–Trinajstić information content (AvgIpc) is 3.84. The number of carbonyl (C=O) groups is 2. The second kappa shape index (κ2) is 16.6. The van der Waals surface area contributed by atoms with Crippen molar-refractivity contribution in [2.75, 3.05) is 52.8 Å². The molecule has 4 aliphatic heterocycles. The topological polar surface area (TPSA) is 137 Å². The molecule has 3 N–H and O–H groups in total. The van der Waals surface area contributed by atoms with Crippen LogP contribution in [0.1, 0.15) is 81.7 Å². The van der Waals surface area contributed by atoms with Gasteiger partial charge in [0.25, 0.3) is 0 Å². The monoisotopic (exact) mass is 750 g/mol. The number of benzene rings is 2. The van der Waals surface area contributed by atoms with Crippen molar-refractivity contribution in [2.24, 2.45) is 11.7 Å². The number of fused-ring (bicyclic) bond motifs is 4. The van der Waals surface area contributed by atoms with Gasteiger partial charge in [0.2, 0.25) is 0 Å². The second-order valence-electron chi connectivity index (χ2n) is 15.3. The first-order chi connectivity index (χ1) is 26.6. The van der Waals surface area contributed by atoms with Gasteiger partial charge >= 0.3 is 11.9 Å². The number of anilines is 1. The normalized spacial score (nSPS) is 29.0. The summed E-state index contributed by atoms with van der Waals surface area (Å²) in [4.78, 5) is 34.9. The van der Waals surface area contributed by atoms with Crippen LogP contribution in [0.2, 0.25) is 0 Å². The number of rotatable bonds is 4. The molecule has 3 aromatic rings. The summed E-state index contributed by atoms with van der Waals surface area (Å²) in [5.74, 6) is 0.182. The first-order valence-corrected chi connectivity index (χ1v) is 19.8. The molecular weight excluding hydrogens is 693 g/mol. The molecule has 1 saturated carbocycles. The van der Waals surface area contributed by atoms with Gasteiger partial charge in [0.15, 0.2) is 0 Å². The smallest absolute Gasteiger partial charge is 0.314 e. The van der Waals surface area contributed by atoms with E-state index in [1.54, 1.807) is 13.2 Å². The molecule has 55 heavy (non-hydrogen) atoms. The van der Waals surface area contributed by atoms with Gasteiger partial charge in [-0.25, -0.2) is 0 Å². The van der Waals surface area contributed by atoms with Crippen LogP contribution in [-0.2, 0) is 31.0 Å². The van der Waals surface area contributed by atoms with E-state index in [0.29, 0.717) is 18.0 Å². The van der Waals surface area contributed by atoms with Crippen molar-refractivity contribution in [3.05, 3.63) is 82.6 Å². The zero-order valence-corrected chi connectivity index (χ0v) is 33.7. The fraction of sp³-hybridized carbons (Fsp3) is 0.523. The molecule has 11 heteroatoms. The van der Waals surface area contributed by atoms with Gasteiger partial charge in [0.05, 0.1) is 43.9 Å². The summed E-state index contributed by atoms with van der Waals surface area (Å²) in [5.41, 5.74) is 14.3. The summed E-state index contributed by atoms with van der Waals surface area (Å²) in [6, 6.07) is 14.4. The lowest BCUT2D eigenvalue weighted by atomic mass is 9.58. The van der Waals surface area contributed by atoms with E-state index in [1.165, 1.54) is 30.9 Å². The van der Waals surface area contributed by atoms with Gasteiger partial charge in [-0.05, 0) is 74.7 Å². The van der Waals surface area contributed by atoms with Gasteiger partial charge in [-0.2, -0.15) is 5.26 Å². The summed E-state index contributed by atoms with van der Waals surface area (Å²) in [6.07, 6.45) is 10.0. The first kappa shape index (κ1) is 40.0. The Morgan fingerprint density at radius 1 is 1.09 bits per heavy atom. The molecule has 0 radical (unpaired) electrons. The van der Waals surface area contributed by atoms with Crippen molar-refractivity contribution in [3.8, 4) is 11.8 Å². The van der Waals surface area contributed by atoms with Crippen LogP contribution in [0.25, 0.3) is 10.9 Å². The number of nitrogens with zero attached hydrogens (tertiary/aromatic N) is 4. The Kier molecular flexibility index (Phi) is 12.1. The highest BCUT2D eigenvalue weighted by molar-refractivity contribution is 5.89. The number of methoxy groups -OCH3 is 2. The van der Waals surface area contributed by atoms with Crippen molar-refractivity contribution < 1.29 is 23.8 Å². The molecule has 1 spiro atoms. The van der Waals surface area contributed by atoms with Crippen LogP contribution < -0.4 is 15.4 Å². The van der Waals surface area contributed by atoms with E-state index in [2.05, 4.69) is 83.2 Å². The summed E-state index contributed by atoms with van der Waals surface area (Å²) in [5, 5.41) is 10.3. The molecule has 5 aliphatic rings. The highest BCUT2D eigenvalue weighted by atomic mass is 16.5. The van der Waals surface area contributed by atoms with Gasteiger partial charge in [0.1, 0.15) is 11.9 Å². The third kappa shape index (κ3) is 7.05. The van der Waals surface area contributed by atoms with Crippen LogP contribution in [0.3, 0.4) is 0 Å². The predicted molar refractivity (Wildman–Crippen MR) is 216 cm³/mol. The molecule has 11 nitrogen and oxygen atoms in total. The fourth-order valence-corrected chi connectivity index (χ4v) is 10.2. The van der Waals surface area contributed by atoms with E-state index >= 15 is 0 Å². The van der Waals surface area contributed by atoms with Crippen molar-refractivity contribution >= 4 is 28.5 Å². The number of hydrogen-bond acceptors (Lipinski definition) is 10. The van der Waals surface area contributed by atoms with Crippen molar-refractivity contribution in [1.29, 1.82) is 5.26 Å². The number of nitrogens with two attached hydrogens (primary N) is 1. The number of hydrogen-bond donors (Lipinski definition) is 2. The number of allylic oxidation sites excluding steroid dienone is 1. The van der Waals surface area contributed by atoms with Crippen molar-refractivity contribution in [2.45, 2.75) is 95.5 Å². The number of H-pyrrole nitrogens is 1. The fourth-order valence-electron chi connectivity index (χ4n) is 10.2. The lowest BCUT2D eigenvalue weighted by molar-refractivity contribution is -0.154. The van der Waals surface area contributed by atoms with Crippen LogP contribution in [0.4, 0.5) is 5.69 Å². The molecule has 2 fully saturated rings. The molecule has 1 aliphatic carbocycles. The van der Waals surface area contributed by atoms with E-state index in [-0.39, 0.29) is 47.4 Å². The molecule has 1 saturated heterocycles. The van der Waals surface area contributed by atoms with Crippen LogP contribution in [-0.4, -0.2) is 98.9 Å². The minimum Gasteiger partial charge on any atom is -0.497 e. The van der Waals surface area contributed by atoms with Gasteiger partial charge in [-0.15, -0.1) is 0 Å². The average molecular weight is 751 g/mol. The van der Waals surface area contributed by atoms with E-state index in [0.717, 1.165) is 73.4 Å². The van der Waals surface area contributed by atoms with E-state index in [9.17, 15) is 14.9 Å². The maximum atomic E-state index is 12.5. The van der Waals surface area contributed by atoms with Gasteiger partial charge < -0.3 is 29.8 Å². The maximum absolute atomic E-state index is 12.5. The molecule has 2 aromatic carbocycles. The standard InChI is InChI=1S/C21H27N3O3.C21H25N3O2.C2H6/c1-12(25)27-18-14-5-4-9-24-10-8-21(19(14)24)15-7-6-13(26-3)11-16(15)23(2)20(21)17(18)22;1-4-14-6-5-7-16(21(25)26-3)20-18(13-24(2)12-14)17-10-15(11-22)8-9-19(17)23-20;1-2/h4-7,11,14,17-20H,8-10,22H2,1-3H3;6,8-10,16,23H,4-5,7,12-13H2,1-3H3;1-2H3/b;14-6-;/t14?,17?,18?,19?,20?,21-;;/m1../s1. The van der Waals surface area contributed by atoms with Gasteiger partial charge in [-0.3, -0.25) is 19.4 Å². The van der Waals surface area contributed by atoms with Gasteiger partial charge in [0, 0.05) is 79.3 Å². The lowest BCUT2D eigenvalue weighted by Gasteiger charge is -2.55. The zero-order valence-electron chi connectivity index (χ0n) is 33.7. The third-order valence-electron chi connectivity index (χ3n) is 12.4. The van der Waals surface area contributed by atoms with Crippen LogP contribution in [0.5, 0.6) is 5.75 Å². The van der Waals surface area contributed by atoms with Crippen LogP contribution in [0, 0.1) is 17.2 Å². The first-order valence-electron chi connectivity index (χ1n) is 19.8. The van der Waals surface area contributed by atoms with E-state index in [1.807, 2.05) is 26.0 Å². The molecule has 0 bridgehead atoms. The SMILES string of the molecule is CC.CC/C1=C/CCC(C(=O)OC)c2[nH]c3ccc(C#N)cc3c2CN(C)C1.COc1ccc2c(c1)N(C)C1C(N)C(OC(C)=O)C3C=CCN4CC[C@]21C34. The number of aromatic amines is 1. The summed E-state index contributed by atoms with van der Waals surface area (Å²) >= 11 is 0. The maximum Gasteiger partial charge on any atom is 0.314 e. The van der Waals surface area contributed by atoms with Crippen LogP contribution in [0.15, 0.2) is 60.2 Å². The Hall–Kier alpha value is -4.63. The second-order valence-corrected chi connectivity index (χ2v) is 15.3. The number of aromatic nitrogens is 1. The Bertz CT molecular complexity index is 2000. The Balaban J connectivity index is 0.000000179. The molecule has 8 rings (SSSR count). The molecule has 294 valence electrons. The van der Waals surface area contributed by atoms with Crippen molar-refractivity contribution in [3.63, 3.8) is 0 Å². The minimum atomic E-state index is -0.325. The number of nitriles is 1.